The molecule has 3 heteroatoms. The molecule has 0 spiro atoms. The molecule has 92 valence electrons. The molecule has 1 heterocycles. The molecule has 1 atom stereocenters. The number of hydrogen-bond acceptors (Lipinski definition) is 3. The van der Waals surface area contributed by atoms with Crippen LogP contribution in [0, 0.1) is 11.8 Å². The van der Waals surface area contributed by atoms with E-state index in [2.05, 4.69) is 20.8 Å². The number of hydrogen-bond donors (Lipinski definition) is 0. The molecule has 0 aromatic carbocycles. The van der Waals surface area contributed by atoms with Crippen molar-refractivity contribution >= 4 is 29.3 Å². The molecule has 0 N–H and O–H groups in total. The molecule has 16 heavy (non-hydrogen) atoms. The fraction of sp³-hybridized carbons (Fsp3) is 0.769. The Kier molecular flexibility index (Phi) is 5.98. The number of rotatable bonds is 5. The molecule has 1 unspecified atom stereocenters. The molecule has 0 saturated carbocycles. The van der Waals surface area contributed by atoms with E-state index in [-0.39, 0.29) is 0 Å². The molecule has 1 aliphatic rings. The van der Waals surface area contributed by atoms with Crippen molar-refractivity contribution in [3.05, 3.63) is 9.81 Å². The molecule has 0 aliphatic carbocycles. The maximum absolute atomic E-state index is 11.4. The van der Waals surface area contributed by atoms with E-state index in [1.165, 1.54) is 21.3 Å². The summed E-state index contributed by atoms with van der Waals surface area (Å²) >= 11 is 3.96. The first kappa shape index (κ1) is 14.2. The molecule has 1 saturated heterocycles. The smallest absolute Gasteiger partial charge is 0.130 e. The largest absolute Gasteiger partial charge is 0.300 e. The first-order valence-corrected chi connectivity index (χ1v) is 8.01. The summed E-state index contributed by atoms with van der Waals surface area (Å²) in [4.78, 5) is 11.4. The fourth-order valence-corrected chi connectivity index (χ4v) is 4.96. The van der Waals surface area contributed by atoms with Gasteiger partial charge in [-0.15, -0.1) is 23.5 Å². The first-order valence-electron chi connectivity index (χ1n) is 6.04. The van der Waals surface area contributed by atoms with Gasteiger partial charge in [-0.1, -0.05) is 20.8 Å². The van der Waals surface area contributed by atoms with Crippen molar-refractivity contribution in [2.24, 2.45) is 11.8 Å². The van der Waals surface area contributed by atoms with Gasteiger partial charge in [-0.25, -0.2) is 0 Å². The number of allylic oxidation sites excluding steroid dienone is 1. The quantitative estimate of drug-likeness (QED) is 0.730. The number of ketones is 1. The summed E-state index contributed by atoms with van der Waals surface area (Å²) < 4.78 is 1.50. The van der Waals surface area contributed by atoms with Crippen LogP contribution in [-0.4, -0.2) is 17.3 Å². The third-order valence-corrected chi connectivity index (χ3v) is 5.78. The number of thioether (sulfide) groups is 2. The Morgan fingerprint density at radius 1 is 1.31 bits per heavy atom. The van der Waals surface area contributed by atoms with E-state index < -0.39 is 0 Å². The lowest BCUT2D eigenvalue weighted by Crippen LogP contribution is -2.15. The van der Waals surface area contributed by atoms with E-state index in [9.17, 15) is 4.79 Å². The van der Waals surface area contributed by atoms with Crippen molar-refractivity contribution in [1.29, 1.82) is 0 Å². The minimum Gasteiger partial charge on any atom is -0.300 e. The summed E-state index contributed by atoms with van der Waals surface area (Å²) in [6, 6.07) is 0. The second kappa shape index (κ2) is 6.75. The van der Waals surface area contributed by atoms with Crippen LogP contribution in [0.4, 0.5) is 0 Å². The average molecular weight is 258 g/mol. The summed E-state index contributed by atoms with van der Waals surface area (Å²) in [6.45, 7) is 8.39. The van der Waals surface area contributed by atoms with Gasteiger partial charge in [-0.3, -0.25) is 0 Å². The van der Waals surface area contributed by atoms with Gasteiger partial charge in [0, 0.05) is 22.2 Å². The number of Topliss-reactive ketones (excluding diaryl/α,β-unsaturated/α-hetero) is 1. The van der Waals surface area contributed by atoms with Crippen molar-refractivity contribution in [1.82, 2.24) is 0 Å². The maximum Gasteiger partial charge on any atom is 0.130 e. The summed E-state index contributed by atoms with van der Waals surface area (Å²) in [5, 5.41) is 0. The predicted molar refractivity (Wildman–Crippen MR) is 75.9 cm³/mol. The Hall–Kier alpha value is 0.110. The van der Waals surface area contributed by atoms with Gasteiger partial charge >= 0.3 is 0 Å². The zero-order valence-electron chi connectivity index (χ0n) is 10.7. The van der Waals surface area contributed by atoms with Crippen LogP contribution < -0.4 is 0 Å². The van der Waals surface area contributed by atoms with E-state index in [1.54, 1.807) is 6.92 Å². The Balaban J connectivity index is 2.88. The molecule has 1 fully saturated rings. The van der Waals surface area contributed by atoms with Crippen LogP contribution in [0.2, 0.25) is 0 Å². The van der Waals surface area contributed by atoms with Gasteiger partial charge in [-0.2, -0.15) is 0 Å². The number of carbonyl (C=O) groups excluding carboxylic acids is 1. The van der Waals surface area contributed by atoms with E-state index >= 15 is 0 Å². The highest BCUT2D eigenvalue weighted by Crippen LogP contribution is 2.43. The molecule has 1 rings (SSSR count). The first-order chi connectivity index (χ1) is 7.56. The molecule has 0 amide bonds. The van der Waals surface area contributed by atoms with Gasteiger partial charge in [-0.05, 0) is 30.8 Å². The number of carbonyl (C=O) groups is 1. The van der Waals surface area contributed by atoms with Gasteiger partial charge in [0.2, 0.25) is 0 Å². The van der Waals surface area contributed by atoms with Crippen LogP contribution in [0.1, 0.15) is 40.5 Å². The Labute approximate surface area is 108 Å². The minimum absolute atomic E-state index is 0.318. The van der Waals surface area contributed by atoms with Crippen molar-refractivity contribution in [2.45, 2.75) is 40.5 Å². The lowest BCUT2D eigenvalue weighted by molar-refractivity contribution is -0.117. The van der Waals surface area contributed by atoms with Crippen LogP contribution >= 0.6 is 23.5 Å². The monoisotopic (exact) mass is 258 g/mol. The zero-order chi connectivity index (χ0) is 12.1. The molecule has 1 aliphatic heterocycles. The summed E-state index contributed by atoms with van der Waals surface area (Å²) in [5.41, 5.74) is 1.53. The third-order valence-electron chi connectivity index (χ3n) is 2.95. The standard InChI is InChI=1S/C13H22OS2/c1-5-11(13-15-6-7-16-13)12(9(2)3)8-10(4)14/h9,12H,5-8H2,1-4H3. The SMILES string of the molecule is CCC(=C1SCCS1)C(CC(C)=O)C(C)C. The summed E-state index contributed by atoms with van der Waals surface area (Å²) in [6.07, 6.45) is 1.80. The molecular weight excluding hydrogens is 236 g/mol. The summed E-state index contributed by atoms with van der Waals surface area (Å²) in [5.74, 6) is 3.80. The van der Waals surface area contributed by atoms with Gasteiger partial charge < -0.3 is 4.79 Å². The highest BCUT2D eigenvalue weighted by atomic mass is 32.2. The van der Waals surface area contributed by atoms with Crippen LogP contribution in [0.25, 0.3) is 0 Å². The van der Waals surface area contributed by atoms with Crippen LogP contribution in [0.5, 0.6) is 0 Å². The van der Waals surface area contributed by atoms with Gasteiger partial charge in [0.15, 0.2) is 0 Å². The second-order valence-electron chi connectivity index (χ2n) is 4.62. The van der Waals surface area contributed by atoms with Crippen LogP contribution in [0.3, 0.4) is 0 Å². The molecule has 0 radical (unpaired) electrons. The molecule has 0 aromatic rings. The zero-order valence-corrected chi connectivity index (χ0v) is 12.3. The highest BCUT2D eigenvalue weighted by Gasteiger charge is 2.24. The van der Waals surface area contributed by atoms with Crippen molar-refractivity contribution in [3.63, 3.8) is 0 Å². The Morgan fingerprint density at radius 2 is 1.88 bits per heavy atom. The van der Waals surface area contributed by atoms with Crippen molar-refractivity contribution < 1.29 is 4.79 Å². The lowest BCUT2D eigenvalue weighted by Gasteiger charge is -2.24. The fourth-order valence-electron chi connectivity index (χ4n) is 2.12. The normalized spacial score (nSPS) is 17.9. The Morgan fingerprint density at radius 3 is 2.25 bits per heavy atom. The second-order valence-corrected chi connectivity index (χ2v) is 7.09. The summed E-state index contributed by atoms with van der Waals surface area (Å²) in [7, 11) is 0. The lowest BCUT2D eigenvalue weighted by atomic mass is 9.84. The van der Waals surface area contributed by atoms with E-state index in [1.807, 2.05) is 23.5 Å². The van der Waals surface area contributed by atoms with Crippen LogP contribution in [0.15, 0.2) is 9.81 Å². The predicted octanol–water partition coefficient (Wildman–Crippen LogP) is 4.34. The average Bonchev–Trinajstić information content (AvgIpc) is 2.70. The minimum atomic E-state index is 0.318. The van der Waals surface area contributed by atoms with Gasteiger partial charge in [0.05, 0.1) is 0 Å². The molecule has 1 nitrogen and oxygen atoms in total. The van der Waals surface area contributed by atoms with Gasteiger partial charge in [0.1, 0.15) is 5.78 Å². The van der Waals surface area contributed by atoms with E-state index in [0.717, 1.165) is 6.42 Å². The third kappa shape index (κ3) is 3.85. The maximum atomic E-state index is 11.4. The highest BCUT2D eigenvalue weighted by molar-refractivity contribution is 8.25. The van der Waals surface area contributed by atoms with E-state index in [4.69, 9.17) is 0 Å². The van der Waals surface area contributed by atoms with Gasteiger partial charge in [0.25, 0.3) is 0 Å². The topological polar surface area (TPSA) is 17.1 Å². The van der Waals surface area contributed by atoms with E-state index in [0.29, 0.717) is 24.0 Å². The molecule has 0 aromatic heterocycles. The van der Waals surface area contributed by atoms with Crippen LogP contribution in [-0.2, 0) is 4.79 Å². The van der Waals surface area contributed by atoms with Crippen molar-refractivity contribution in [3.8, 4) is 0 Å². The molecular formula is C13H22OS2. The Bertz CT molecular complexity index is 274. The van der Waals surface area contributed by atoms with Crippen molar-refractivity contribution in [2.75, 3.05) is 11.5 Å². The molecule has 0 bridgehead atoms.